The van der Waals surface area contributed by atoms with Crippen LogP contribution >= 0.6 is 11.8 Å². The third-order valence-electron chi connectivity index (χ3n) is 4.68. The maximum atomic E-state index is 12.9. The Morgan fingerprint density at radius 3 is 2.53 bits per heavy atom. The highest BCUT2D eigenvalue weighted by Crippen LogP contribution is 2.35. The highest BCUT2D eigenvalue weighted by Gasteiger charge is 2.35. The molecule has 1 fully saturated rings. The summed E-state index contributed by atoms with van der Waals surface area (Å²) in [6, 6.07) is 12.8. The Labute approximate surface area is 191 Å². The van der Waals surface area contributed by atoms with Gasteiger partial charge in [-0.3, -0.25) is 14.5 Å². The number of esters is 1. The first-order valence-corrected chi connectivity index (χ1v) is 11.1. The summed E-state index contributed by atoms with van der Waals surface area (Å²) in [5.41, 5.74) is 2.63. The van der Waals surface area contributed by atoms with Crippen LogP contribution in [0.25, 0.3) is 6.08 Å². The van der Waals surface area contributed by atoms with Crippen LogP contribution in [0.5, 0.6) is 11.5 Å². The first kappa shape index (κ1) is 23.4. The van der Waals surface area contributed by atoms with Gasteiger partial charge in [-0.1, -0.05) is 30.3 Å². The summed E-state index contributed by atoms with van der Waals surface area (Å²) < 4.78 is 16.0. The van der Waals surface area contributed by atoms with Gasteiger partial charge >= 0.3 is 5.97 Å². The van der Waals surface area contributed by atoms with E-state index in [2.05, 4.69) is 0 Å². The molecule has 0 saturated carbocycles. The zero-order chi connectivity index (χ0) is 23.1. The van der Waals surface area contributed by atoms with Crippen molar-refractivity contribution in [3.8, 4) is 11.5 Å². The van der Waals surface area contributed by atoms with Gasteiger partial charge in [0.25, 0.3) is 11.1 Å². The molecule has 7 nitrogen and oxygen atoms in total. The van der Waals surface area contributed by atoms with Crippen molar-refractivity contribution in [1.29, 1.82) is 0 Å². The van der Waals surface area contributed by atoms with Gasteiger partial charge in [0, 0.05) is 0 Å². The molecular weight excluding hydrogens is 430 g/mol. The zero-order valence-corrected chi connectivity index (χ0v) is 19.1. The van der Waals surface area contributed by atoms with E-state index in [-0.39, 0.29) is 30.9 Å². The summed E-state index contributed by atoms with van der Waals surface area (Å²) >= 11 is 0.910. The minimum absolute atomic E-state index is 0.231. The van der Waals surface area contributed by atoms with Crippen molar-refractivity contribution >= 4 is 35.0 Å². The van der Waals surface area contributed by atoms with Gasteiger partial charge in [-0.25, -0.2) is 4.79 Å². The Hall–Kier alpha value is -3.26. The third kappa shape index (κ3) is 5.70. The van der Waals surface area contributed by atoms with Gasteiger partial charge in [-0.05, 0) is 67.4 Å². The van der Waals surface area contributed by atoms with Crippen molar-refractivity contribution in [2.75, 3.05) is 19.8 Å². The molecule has 0 N–H and O–H groups in total. The van der Waals surface area contributed by atoms with Crippen LogP contribution in [0.2, 0.25) is 0 Å². The van der Waals surface area contributed by atoms with E-state index in [0.29, 0.717) is 28.6 Å². The summed E-state index contributed by atoms with van der Waals surface area (Å²) in [5.74, 6) is 0.0274. The molecule has 2 aromatic carbocycles. The van der Waals surface area contributed by atoms with Gasteiger partial charge in [0.15, 0.2) is 18.1 Å². The number of amides is 2. The Balaban J connectivity index is 1.77. The van der Waals surface area contributed by atoms with Crippen molar-refractivity contribution in [2.45, 2.75) is 27.3 Å². The standard InChI is InChI=1S/C24H25NO6S/c1-4-29-20-12-17(10-11-19(20)31-15-22(26)30-5-2)13-21-23(27)25(24(28)32-21)14-18-9-7-6-8-16(18)3/h6-13H,4-5,14-15H2,1-3H3/b21-13-. The lowest BCUT2D eigenvalue weighted by Gasteiger charge is -2.14. The van der Waals surface area contributed by atoms with E-state index in [9.17, 15) is 14.4 Å². The summed E-state index contributed by atoms with van der Waals surface area (Å²) in [5, 5.41) is -0.302. The lowest BCUT2D eigenvalue weighted by atomic mass is 10.1. The van der Waals surface area contributed by atoms with Gasteiger partial charge < -0.3 is 14.2 Å². The quantitative estimate of drug-likeness (QED) is 0.405. The Morgan fingerprint density at radius 1 is 1.03 bits per heavy atom. The molecule has 2 amide bonds. The van der Waals surface area contributed by atoms with Crippen LogP contribution in [0.1, 0.15) is 30.5 Å². The Bertz CT molecular complexity index is 1050. The summed E-state index contributed by atoms with van der Waals surface area (Å²) in [7, 11) is 0. The molecule has 0 unspecified atom stereocenters. The number of aryl methyl sites for hydroxylation is 1. The Kier molecular flexibility index (Phi) is 7.94. The van der Waals surface area contributed by atoms with Gasteiger partial charge in [-0.2, -0.15) is 0 Å². The van der Waals surface area contributed by atoms with Gasteiger partial charge in [0.05, 0.1) is 24.7 Å². The highest BCUT2D eigenvalue weighted by atomic mass is 32.2. The Morgan fingerprint density at radius 2 is 1.81 bits per heavy atom. The number of benzene rings is 2. The smallest absolute Gasteiger partial charge is 0.344 e. The number of imide groups is 1. The average Bonchev–Trinajstić information content (AvgIpc) is 3.02. The minimum Gasteiger partial charge on any atom is -0.490 e. The number of ether oxygens (including phenoxy) is 3. The van der Waals surface area contributed by atoms with Gasteiger partial charge in [0.1, 0.15) is 0 Å². The molecule has 1 heterocycles. The van der Waals surface area contributed by atoms with E-state index < -0.39 is 5.97 Å². The lowest BCUT2D eigenvalue weighted by Crippen LogP contribution is -2.27. The maximum Gasteiger partial charge on any atom is 0.344 e. The second-order valence-electron chi connectivity index (χ2n) is 6.93. The number of nitrogens with zero attached hydrogens (tertiary/aromatic N) is 1. The minimum atomic E-state index is -0.471. The molecule has 0 spiro atoms. The first-order valence-electron chi connectivity index (χ1n) is 10.3. The van der Waals surface area contributed by atoms with E-state index >= 15 is 0 Å². The normalized spacial score (nSPS) is 14.7. The first-order chi connectivity index (χ1) is 15.4. The van der Waals surface area contributed by atoms with Gasteiger partial charge in [-0.15, -0.1) is 0 Å². The predicted molar refractivity (Wildman–Crippen MR) is 122 cm³/mol. The summed E-state index contributed by atoms with van der Waals surface area (Å²) in [6.07, 6.45) is 1.65. The van der Waals surface area contributed by atoms with Crippen molar-refractivity contribution < 1.29 is 28.6 Å². The highest BCUT2D eigenvalue weighted by molar-refractivity contribution is 8.18. The molecule has 3 rings (SSSR count). The number of thioether (sulfide) groups is 1. The molecular formula is C24H25NO6S. The molecule has 2 aromatic rings. The lowest BCUT2D eigenvalue weighted by molar-refractivity contribution is -0.145. The van der Waals surface area contributed by atoms with Crippen molar-refractivity contribution in [1.82, 2.24) is 4.90 Å². The molecule has 0 radical (unpaired) electrons. The van der Waals surface area contributed by atoms with E-state index in [4.69, 9.17) is 14.2 Å². The largest absolute Gasteiger partial charge is 0.490 e. The second kappa shape index (κ2) is 10.9. The monoisotopic (exact) mass is 455 g/mol. The molecule has 0 aromatic heterocycles. The van der Waals surface area contributed by atoms with Crippen LogP contribution in [-0.4, -0.2) is 41.8 Å². The van der Waals surface area contributed by atoms with E-state index in [1.807, 2.05) is 38.1 Å². The topological polar surface area (TPSA) is 82.1 Å². The number of rotatable bonds is 9. The van der Waals surface area contributed by atoms with Crippen LogP contribution < -0.4 is 9.47 Å². The van der Waals surface area contributed by atoms with E-state index in [1.165, 1.54) is 4.90 Å². The molecule has 32 heavy (non-hydrogen) atoms. The molecule has 8 heteroatoms. The number of hydrogen-bond acceptors (Lipinski definition) is 7. The zero-order valence-electron chi connectivity index (χ0n) is 18.3. The third-order valence-corrected chi connectivity index (χ3v) is 5.59. The summed E-state index contributed by atoms with van der Waals surface area (Å²) in [4.78, 5) is 38.5. The SMILES string of the molecule is CCOC(=O)COc1ccc(/C=C2\SC(=O)N(Cc3ccccc3C)C2=O)cc1OCC. The van der Waals surface area contributed by atoms with Crippen LogP contribution in [0, 0.1) is 6.92 Å². The predicted octanol–water partition coefficient (Wildman–Crippen LogP) is 4.57. The fraction of sp³-hybridized carbons (Fsp3) is 0.292. The van der Waals surface area contributed by atoms with Crippen molar-refractivity contribution in [3.05, 3.63) is 64.1 Å². The van der Waals surface area contributed by atoms with Crippen molar-refractivity contribution in [3.63, 3.8) is 0 Å². The molecule has 0 aliphatic carbocycles. The maximum absolute atomic E-state index is 12.9. The number of carbonyl (C=O) groups is 3. The molecule has 168 valence electrons. The molecule has 0 atom stereocenters. The fourth-order valence-electron chi connectivity index (χ4n) is 3.09. The molecule has 1 saturated heterocycles. The van der Waals surface area contributed by atoms with Gasteiger partial charge in [0.2, 0.25) is 0 Å². The average molecular weight is 456 g/mol. The van der Waals surface area contributed by atoms with E-state index in [0.717, 1.165) is 22.9 Å². The number of carbonyl (C=O) groups excluding carboxylic acids is 3. The summed E-state index contributed by atoms with van der Waals surface area (Å²) in [6.45, 7) is 6.18. The van der Waals surface area contributed by atoms with Crippen LogP contribution in [-0.2, 0) is 20.9 Å². The fourth-order valence-corrected chi connectivity index (χ4v) is 3.93. The second-order valence-corrected chi connectivity index (χ2v) is 7.92. The molecule has 0 bridgehead atoms. The molecule has 1 aliphatic heterocycles. The van der Waals surface area contributed by atoms with Crippen molar-refractivity contribution in [2.24, 2.45) is 0 Å². The van der Waals surface area contributed by atoms with Crippen LogP contribution in [0.4, 0.5) is 4.79 Å². The molecule has 1 aliphatic rings. The van der Waals surface area contributed by atoms with E-state index in [1.54, 1.807) is 31.2 Å². The van der Waals surface area contributed by atoms with Crippen LogP contribution in [0.3, 0.4) is 0 Å². The van der Waals surface area contributed by atoms with Crippen LogP contribution in [0.15, 0.2) is 47.4 Å². The number of hydrogen-bond donors (Lipinski definition) is 0.